The van der Waals surface area contributed by atoms with Crippen LogP contribution in [-0.2, 0) is 28.5 Å². The van der Waals surface area contributed by atoms with Crippen LogP contribution in [0.25, 0.3) is 0 Å². The lowest BCUT2D eigenvalue weighted by molar-refractivity contribution is -0.295. The number of carbonyl (C=O) groups excluding carboxylic acids is 2. The number of ketones is 1. The maximum Gasteiger partial charge on any atom is 0.319 e. The molecule has 3 aliphatic rings. The van der Waals surface area contributed by atoms with Crippen LogP contribution in [0, 0.1) is 23.2 Å². The predicted molar refractivity (Wildman–Crippen MR) is 176 cm³/mol. The van der Waals surface area contributed by atoms with Crippen molar-refractivity contribution < 1.29 is 33.6 Å². The minimum atomic E-state index is -1.40. The Morgan fingerprint density at radius 3 is 2.24 bits per heavy atom. The molecule has 10 heteroatoms. The number of aliphatic hydroxyl groups is 1. The van der Waals surface area contributed by atoms with Crippen LogP contribution in [0.3, 0.4) is 0 Å². The number of aliphatic hydroxyl groups excluding tert-OH is 1. The molecule has 3 fully saturated rings. The fourth-order valence-electron chi connectivity index (χ4n) is 8.07. The average molecular weight is 640 g/mol. The number of hydrogen-bond donors (Lipinski definition) is 1. The largest absolute Gasteiger partial charge is 0.463 e. The molecule has 1 N–H and O–H groups in total. The van der Waals surface area contributed by atoms with Crippen LogP contribution in [-0.4, -0.2) is 134 Å². The zero-order valence-corrected chi connectivity index (χ0v) is 30.4. The van der Waals surface area contributed by atoms with Gasteiger partial charge in [0.05, 0.1) is 17.8 Å². The van der Waals surface area contributed by atoms with Gasteiger partial charge in [0.15, 0.2) is 12.1 Å². The summed E-state index contributed by atoms with van der Waals surface area (Å²) in [6.45, 7) is 21.9. The number of Topliss-reactive ketones (excluding diaryl/α,β-unsaturated/α-hetero) is 1. The Kier molecular flexibility index (Phi) is 13.5. The number of piperidine rings is 1. The molecular formula is C35H65N3O7. The van der Waals surface area contributed by atoms with Gasteiger partial charge in [-0.1, -0.05) is 20.8 Å². The fourth-order valence-corrected chi connectivity index (χ4v) is 8.07. The molecule has 3 heterocycles. The topological polar surface area (TPSA) is 101 Å². The van der Waals surface area contributed by atoms with E-state index in [-0.39, 0.29) is 36.5 Å². The normalized spacial score (nSPS) is 38.9. The van der Waals surface area contributed by atoms with Crippen LogP contribution in [0.1, 0.15) is 88.0 Å². The smallest absolute Gasteiger partial charge is 0.319 e. The molecule has 0 spiro atoms. The first kappa shape index (κ1) is 38.3. The molecule has 0 aromatic rings. The van der Waals surface area contributed by atoms with Gasteiger partial charge in [-0.15, -0.1) is 0 Å². The first-order valence-electron chi connectivity index (χ1n) is 17.4. The number of ether oxygens (including phenoxy) is 4. The highest BCUT2D eigenvalue weighted by Gasteiger charge is 2.51. The molecule has 1 unspecified atom stereocenters. The van der Waals surface area contributed by atoms with Crippen molar-refractivity contribution in [2.75, 3.05) is 54.0 Å². The molecular weight excluding hydrogens is 574 g/mol. The van der Waals surface area contributed by atoms with Crippen molar-refractivity contribution in [3.63, 3.8) is 0 Å². The van der Waals surface area contributed by atoms with Crippen molar-refractivity contribution >= 4 is 11.8 Å². The van der Waals surface area contributed by atoms with Crippen LogP contribution >= 0.6 is 0 Å². The summed E-state index contributed by atoms with van der Waals surface area (Å²) in [7, 11) is 5.52. The molecule has 0 aromatic heterocycles. The number of methoxy groups -OCH3 is 1. The average Bonchev–Trinajstić information content (AvgIpc) is 2.99. The summed E-state index contributed by atoms with van der Waals surface area (Å²) in [6.07, 6.45) is 0.570. The maximum absolute atomic E-state index is 14.3. The molecule has 3 saturated heterocycles. The van der Waals surface area contributed by atoms with Gasteiger partial charge in [-0.05, 0) is 113 Å². The highest BCUT2D eigenvalue weighted by molar-refractivity contribution is 6.04. The molecule has 9 atom stereocenters. The molecule has 0 aromatic carbocycles. The Morgan fingerprint density at radius 1 is 1.09 bits per heavy atom. The van der Waals surface area contributed by atoms with Crippen molar-refractivity contribution in [1.29, 1.82) is 0 Å². The highest BCUT2D eigenvalue weighted by atomic mass is 16.7. The second-order valence-electron chi connectivity index (χ2n) is 15.5. The van der Waals surface area contributed by atoms with E-state index in [1.165, 1.54) is 0 Å². The molecule has 262 valence electrons. The molecule has 45 heavy (non-hydrogen) atoms. The molecule has 0 bridgehead atoms. The van der Waals surface area contributed by atoms with E-state index in [0.29, 0.717) is 24.8 Å². The fraction of sp³-hybridized carbons (Fsp3) is 0.943. The third kappa shape index (κ3) is 8.86. The van der Waals surface area contributed by atoms with Gasteiger partial charge in [0, 0.05) is 37.7 Å². The Morgan fingerprint density at radius 2 is 1.71 bits per heavy atom. The number of rotatable bonds is 7. The molecule has 0 radical (unpaired) electrons. The number of carbonyl (C=O) groups is 2. The lowest BCUT2D eigenvalue weighted by Crippen LogP contribution is -2.59. The van der Waals surface area contributed by atoms with Crippen LogP contribution in [0.5, 0.6) is 0 Å². The van der Waals surface area contributed by atoms with Crippen molar-refractivity contribution in [3.8, 4) is 0 Å². The second-order valence-corrected chi connectivity index (χ2v) is 15.5. The van der Waals surface area contributed by atoms with E-state index >= 15 is 0 Å². The molecule has 0 aliphatic carbocycles. The Hall–Kier alpha value is -1.14. The summed E-state index contributed by atoms with van der Waals surface area (Å²) in [5, 5.41) is 11.4. The van der Waals surface area contributed by atoms with Crippen LogP contribution in [0.4, 0.5) is 0 Å². The molecule has 3 rings (SSSR count). The standard InChI is InChI=1S/C35H65N3O7/c1-13-37-20-23(4)19-35(9,42-12)31(45-32-29(39)27(36(10)11)18-24(5)44-32)25(6)30(40)34(7,8)33(41)43-21-28(37)26-14-16-38(17-15-26)22(2)3/h22-29,31-32,39H,13-21H2,1-12H3/t23-,24-,25+,27+,28?,29-,31-,32+,35-/m1/s1. The summed E-state index contributed by atoms with van der Waals surface area (Å²) < 4.78 is 25.2. The van der Waals surface area contributed by atoms with Gasteiger partial charge in [0.1, 0.15) is 18.1 Å². The number of likely N-dealkylation sites (tertiary alicyclic amines) is 1. The number of esters is 1. The van der Waals surface area contributed by atoms with E-state index < -0.39 is 41.4 Å². The van der Waals surface area contributed by atoms with Crippen molar-refractivity contribution in [2.45, 2.75) is 136 Å². The Balaban J connectivity index is 1.99. The van der Waals surface area contributed by atoms with E-state index in [0.717, 1.165) is 39.0 Å². The van der Waals surface area contributed by atoms with Gasteiger partial charge in [0.2, 0.25) is 0 Å². The third-order valence-electron chi connectivity index (χ3n) is 11.0. The Bertz CT molecular complexity index is 969. The summed E-state index contributed by atoms with van der Waals surface area (Å²) in [5.74, 6) is -0.958. The van der Waals surface area contributed by atoms with Gasteiger partial charge in [-0.25, -0.2) is 0 Å². The van der Waals surface area contributed by atoms with Crippen LogP contribution in [0.15, 0.2) is 0 Å². The van der Waals surface area contributed by atoms with E-state index in [1.54, 1.807) is 27.9 Å². The summed E-state index contributed by atoms with van der Waals surface area (Å²) in [6, 6.07) is 0.413. The van der Waals surface area contributed by atoms with Crippen molar-refractivity contribution in [3.05, 3.63) is 0 Å². The third-order valence-corrected chi connectivity index (χ3v) is 11.0. The lowest BCUT2D eigenvalue weighted by Gasteiger charge is -2.47. The number of cyclic esters (lactones) is 1. The number of likely N-dealkylation sites (N-methyl/N-ethyl adjacent to an activating group) is 2. The zero-order chi connectivity index (χ0) is 33.9. The SMILES string of the molecule is CCN1C[C@H](C)C[C@@](C)(OC)[C@H](O[C@@H]2O[C@H](C)C[C@H](N(C)C)[C@H]2O)[C@@H](C)C(=O)C(C)(C)C(=O)OCC1C1CCN(C(C)C)CC1. The second kappa shape index (κ2) is 15.8. The quantitative estimate of drug-likeness (QED) is 0.327. The van der Waals surface area contributed by atoms with Crippen molar-refractivity contribution in [1.82, 2.24) is 14.7 Å². The molecule has 0 amide bonds. The van der Waals surface area contributed by atoms with E-state index in [1.807, 2.05) is 32.8 Å². The molecule has 0 saturated carbocycles. The molecule has 3 aliphatic heterocycles. The summed E-state index contributed by atoms with van der Waals surface area (Å²) in [4.78, 5) is 35.0. The number of hydrogen-bond acceptors (Lipinski definition) is 10. The molecule has 10 nitrogen and oxygen atoms in total. The minimum absolute atomic E-state index is 0.0656. The van der Waals surface area contributed by atoms with Gasteiger partial charge in [-0.2, -0.15) is 0 Å². The minimum Gasteiger partial charge on any atom is -0.463 e. The van der Waals surface area contributed by atoms with Gasteiger partial charge in [-0.3, -0.25) is 14.5 Å². The van der Waals surface area contributed by atoms with Gasteiger partial charge in [0.25, 0.3) is 0 Å². The van der Waals surface area contributed by atoms with Gasteiger partial charge < -0.3 is 33.9 Å². The highest BCUT2D eigenvalue weighted by Crippen LogP contribution is 2.39. The Labute approximate surface area is 273 Å². The van der Waals surface area contributed by atoms with E-state index in [9.17, 15) is 14.7 Å². The summed E-state index contributed by atoms with van der Waals surface area (Å²) >= 11 is 0. The van der Waals surface area contributed by atoms with Crippen LogP contribution in [0.2, 0.25) is 0 Å². The van der Waals surface area contributed by atoms with Crippen molar-refractivity contribution in [2.24, 2.45) is 23.2 Å². The number of nitrogens with zero attached hydrogens (tertiary/aromatic N) is 3. The van der Waals surface area contributed by atoms with Crippen LogP contribution < -0.4 is 0 Å². The summed E-state index contributed by atoms with van der Waals surface area (Å²) in [5.41, 5.74) is -2.30. The van der Waals surface area contributed by atoms with Gasteiger partial charge >= 0.3 is 5.97 Å². The lowest BCUT2D eigenvalue weighted by atomic mass is 9.74. The van der Waals surface area contributed by atoms with E-state index in [2.05, 4.69) is 37.5 Å². The first-order chi connectivity index (χ1) is 21.0. The predicted octanol–water partition coefficient (Wildman–Crippen LogP) is 3.83. The monoisotopic (exact) mass is 639 g/mol. The first-order valence-corrected chi connectivity index (χ1v) is 17.4. The maximum atomic E-state index is 14.3. The zero-order valence-electron chi connectivity index (χ0n) is 30.4. The van der Waals surface area contributed by atoms with E-state index in [4.69, 9.17) is 18.9 Å².